The summed E-state index contributed by atoms with van der Waals surface area (Å²) in [6.07, 6.45) is 3.60. The van der Waals surface area contributed by atoms with Crippen LogP contribution in [0.1, 0.15) is 58.2 Å². The van der Waals surface area contributed by atoms with Crippen LogP contribution in [0.25, 0.3) is 17.8 Å². The highest BCUT2D eigenvalue weighted by Crippen LogP contribution is 2.30. The first-order chi connectivity index (χ1) is 16.4. The van der Waals surface area contributed by atoms with Gasteiger partial charge in [0.15, 0.2) is 0 Å². The van der Waals surface area contributed by atoms with Gasteiger partial charge < -0.3 is 9.47 Å². The quantitative estimate of drug-likeness (QED) is 0.436. The Hall–Kier alpha value is -3.28. The van der Waals surface area contributed by atoms with E-state index in [0.717, 1.165) is 39.5 Å². The zero-order valence-corrected chi connectivity index (χ0v) is 21.9. The number of hydrogen-bond acceptors (Lipinski definition) is 2. The molecule has 0 radical (unpaired) electrons. The van der Waals surface area contributed by atoms with Gasteiger partial charge in [0.25, 0.3) is 0 Å². The Bertz CT molecular complexity index is 1200. The van der Waals surface area contributed by atoms with Crippen molar-refractivity contribution < 1.29 is 18.0 Å². The summed E-state index contributed by atoms with van der Waals surface area (Å²) in [6.45, 7) is 19.9. The van der Waals surface area contributed by atoms with E-state index >= 15 is 0 Å². The molecule has 0 aliphatic heterocycles. The van der Waals surface area contributed by atoms with E-state index in [4.69, 9.17) is 0 Å². The highest BCUT2D eigenvalue weighted by Gasteiger charge is 2.30. The highest BCUT2D eigenvalue weighted by molar-refractivity contribution is 5.78. The Morgan fingerprint density at radius 3 is 2.14 bits per heavy atom. The molecule has 0 saturated heterocycles. The first kappa shape index (κ1) is 29.8. The summed E-state index contributed by atoms with van der Waals surface area (Å²) in [7, 11) is 1.85. The van der Waals surface area contributed by atoms with Gasteiger partial charge in [-0.2, -0.15) is 13.2 Å². The van der Waals surface area contributed by atoms with Gasteiger partial charge in [-0.25, -0.2) is 0 Å². The molecule has 0 N–H and O–H groups in total. The fourth-order valence-corrected chi connectivity index (χ4v) is 3.72. The van der Waals surface area contributed by atoms with Gasteiger partial charge in [0, 0.05) is 48.2 Å². The fourth-order valence-electron chi connectivity index (χ4n) is 3.72. The van der Waals surface area contributed by atoms with Crippen LogP contribution in [-0.4, -0.2) is 22.3 Å². The molecule has 0 atom stereocenters. The van der Waals surface area contributed by atoms with Crippen LogP contribution in [0.4, 0.5) is 13.2 Å². The monoisotopic (exact) mass is 486 g/mol. The van der Waals surface area contributed by atoms with Gasteiger partial charge in [-0.15, -0.1) is 0 Å². The molecule has 0 fully saturated rings. The molecule has 6 heteroatoms. The zero-order chi connectivity index (χ0) is 26.9. The molecule has 0 bridgehead atoms. The first-order valence-electron chi connectivity index (χ1n) is 11.6. The number of ketones is 1. The summed E-state index contributed by atoms with van der Waals surface area (Å²) < 4.78 is 40.7. The standard InChI is InChI=1S/C27H31F3N2O.C2H6/c1-8-10-25-23(15-19(4)33)17-32(26(25)9-2)16-18(3)20(5)31(7)21(6)22-11-13-24(14-12-22)27(28,29)30;1-2/h8-14,17H,1,6,15-16H2,2-5,7H3;1-2H3/b20-18+,25-10-,26-9+;. The van der Waals surface area contributed by atoms with Crippen LogP contribution in [-0.2, 0) is 23.9 Å². The number of benzene rings is 1. The molecule has 0 spiro atoms. The summed E-state index contributed by atoms with van der Waals surface area (Å²) in [5.74, 6) is 0.0875. The van der Waals surface area contributed by atoms with Gasteiger partial charge in [-0.1, -0.05) is 57.4 Å². The van der Waals surface area contributed by atoms with Crippen molar-refractivity contribution >= 4 is 23.6 Å². The number of carbonyl (C=O) groups is 1. The molecule has 0 amide bonds. The van der Waals surface area contributed by atoms with Crippen molar-refractivity contribution in [3.05, 3.63) is 88.2 Å². The summed E-state index contributed by atoms with van der Waals surface area (Å²) in [6, 6.07) is 5.01. The summed E-state index contributed by atoms with van der Waals surface area (Å²) >= 11 is 0. The van der Waals surface area contributed by atoms with Gasteiger partial charge in [-0.3, -0.25) is 4.79 Å². The third-order valence-corrected chi connectivity index (χ3v) is 5.72. The first-order valence-corrected chi connectivity index (χ1v) is 11.6. The third kappa shape index (κ3) is 7.61. The average molecular weight is 487 g/mol. The number of allylic oxidation sites excluding steroid dienone is 3. The average Bonchev–Trinajstić information content (AvgIpc) is 3.13. The minimum Gasteiger partial charge on any atom is -0.348 e. The van der Waals surface area contributed by atoms with Crippen molar-refractivity contribution in [2.45, 2.75) is 60.7 Å². The fraction of sp³-hybridized carbons (Fsp3) is 0.345. The van der Waals surface area contributed by atoms with E-state index in [9.17, 15) is 18.0 Å². The van der Waals surface area contributed by atoms with E-state index in [0.29, 0.717) is 24.2 Å². The van der Waals surface area contributed by atoms with Gasteiger partial charge in [0.2, 0.25) is 0 Å². The number of hydrogen-bond donors (Lipinski definition) is 0. The molecule has 2 rings (SSSR count). The maximum Gasteiger partial charge on any atom is 0.416 e. The van der Waals surface area contributed by atoms with E-state index in [1.165, 1.54) is 12.1 Å². The highest BCUT2D eigenvalue weighted by atomic mass is 19.4. The normalized spacial score (nSPS) is 13.1. The molecule has 0 unspecified atom stereocenters. The second-order valence-electron chi connectivity index (χ2n) is 8.10. The summed E-state index contributed by atoms with van der Waals surface area (Å²) in [5.41, 5.74) is 3.49. The molecule has 0 saturated carbocycles. The number of halogens is 3. The maximum atomic E-state index is 12.9. The van der Waals surface area contributed by atoms with E-state index in [1.54, 1.807) is 13.0 Å². The van der Waals surface area contributed by atoms with E-state index in [-0.39, 0.29) is 5.78 Å². The number of rotatable bonds is 8. The third-order valence-electron chi connectivity index (χ3n) is 5.72. The van der Waals surface area contributed by atoms with Crippen molar-refractivity contribution in [2.24, 2.45) is 0 Å². The Balaban J connectivity index is 0.00000298. The Kier molecular flexibility index (Phi) is 11.0. The van der Waals surface area contributed by atoms with Crippen LogP contribution in [0.15, 0.2) is 61.0 Å². The van der Waals surface area contributed by atoms with Gasteiger partial charge >= 0.3 is 6.18 Å². The molecule has 1 aromatic carbocycles. The molecule has 1 aromatic heterocycles. The van der Waals surface area contributed by atoms with Crippen LogP contribution in [0.2, 0.25) is 0 Å². The number of aromatic nitrogens is 1. The van der Waals surface area contributed by atoms with Crippen LogP contribution < -0.4 is 10.6 Å². The molecule has 2 aromatic rings. The van der Waals surface area contributed by atoms with Crippen LogP contribution in [0, 0.1) is 0 Å². The Labute approximate surface area is 207 Å². The van der Waals surface area contributed by atoms with Crippen molar-refractivity contribution in [2.75, 3.05) is 7.05 Å². The molecule has 0 aliphatic rings. The summed E-state index contributed by atoms with van der Waals surface area (Å²) in [4.78, 5) is 13.6. The predicted octanol–water partition coefficient (Wildman–Crippen LogP) is 6.33. The topological polar surface area (TPSA) is 25.2 Å². The van der Waals surface area contributed by atoms with E-state index < -0.39 is 11.7 Å². The predicted molar refractivity (Wildman–Crippen MR) is 141 cm³/mol. The molecular weight excluding hydrogens is 449 g/mol. The lowest BCUT2D eigenvalue weighted by Crippen LogP contribution is -2.31. The van der Waals surface area contributed by atoms with Crippen molar-refractivity contribution in [1.82, 2.24) is 9.47 Å². The number of alkyl halides is 3. The molecule has 3 nitrogen and oxygen atoms in total. The van der Waals surface area contributed by atoms with Gasteiger partial charge in [0.05, 0.1) is 5.56 Å². The largest absolute Gasteiger partial charge is 0.416 e. The van der Waals surface area contributed by atoms with Crippen LogP contribution in [0.5, 0.6) is 0 Å². The number of Topliss-reactive ketones (excluding diaryl/α,β-unsaturated/α-hetero) is 1. The van der Waals surface area contributed by atoms with Crippen LogP contribution in [0.3, 0.4) is 0 Å². The van der Waals surface area contributed by atoms with Crippen molar-refractivity contribution in [3.63, 3.8) is 0 Å². The van der Waals surface area contributed by atoms with E-state index in [1.807, 2.05) is 64.9 Å². The Morgan fingerprint density at radius 1 is 1.11 bits per heavy atom. The smallest absolute Gasteiger partial charge is 0.348 e. The van der Waals surface area contributed by atoms with Gasteiger partial charge in [-0.05, 0) is 56.5 Å². The molecule has 190 valence electrons. The van der Waals surface area contributed by atoms with Crippen molar-refractivity contribution in [3.8, 4) is 0 Å². The molecule has 35 heavy (non-hydrogen) atoms. The number of carbonyl (C=O) groups excluding carboxylic acids is 1. The Morgan fingerprint density at radius 2 is 1.69 bits per heavy atom. The molecule has 0 aliphatic carbocycles. The minimum absolute atomic E-state index is 0.0875. The van der Waals surface area contributed by atoms with Crippen LogP contribution >= 0.6 is 0 Å². The number of nitrogens with zero attached hydrogens (tertiary/aromatic N) is 2. The van der Waals surface area contributed by atoms with Gasteiger partial charge in [0.1, 0.15) is 5.78 Å². The van der Waals surface area contributed by atoms with Crippen molar-refractivity contribution in [1.29, 1.82) is 0 Å². The molecular formula is C29H37F3N2O. The minimum atomic E-state index is -4.37. The second-order valence-corrected chi connectivity index (χ2v) is 8.10. The lowest BCUT2D eigenvalue weighted by Gasteiger charge is -2.25. The zero-order valence-electron chi connectivity index (χ0n) is 21.9. The second kappa shape index (κ2) is 13.0. The SMILES string of the molecule is C=C/C=c1/c(CC(C)=O)cn(C/C(C)=C(\C)N(C)C(=C)c2ccc(C(F)(F)F)cc2)/c1=C/C.CC. The maximum absolute atomic E-state index is 12.9. The lowest BCUT2D eigenvalue weighted by atomic mass is 10.1. The molecule has 1 heterocycles. The summed E-state index contributed by atoms with van der Waals surface area (Å²) in [5, 5.41) is 1.98. The lowest BCUT2D eigenvalue weighted by molar-refractivity contribution is -0.137. The van der Waals surface area contributed by atoms with E-state index in [2.05, 4.69) is 17.7 Å².